The Kier molecular flexibility index (Phi) is 49.3. The van der Waals surface area contributed by atoms with Crippen LogP contribution >= 0.6 is 0 Å². The number of hydrogen-bond acceptors (Lipinski definition) is 6. The molecule has 0 spiro atoms. The molecule has 1 atom stereocenters. The summed E-state index contributed by atoms with van der Waals surface area (Å²) in [7, 11) is 0. The van der Waals surface area contributed by atoms with Crippen LogP contribution in [0.5, 0.6) is 0 Å². The largest absolute Gasteiger partial charge is 0.462 e. The van der Waals surface area contributed by atoms with E-state index in [-0.39, 0.29) is 31.1 Å². The fourth-order valence-electron chi connectivity index (χ4n) is 8.14. The van der Waals surface area contributed by atoms with Crippen molar-refractivity contribution in [2.24, 2.45) is 0 Å². The summed E-state index contributed by atoms with van der Waals surface area (Å²) in [5.74, 6) is -0.874. The Morgan fingerprint density at radius 1 is 0.311 bits per heavy atom. The molecule has 0 fully saturated rings. The number of rotatable bonds is 50. The van der Waals surface area contributed by atoms with Crippen LogP contribution in [0, 0.1) is 0 Å². The van der Waals surface area contributed by atoms with Gasteiger partial charge in [-0.3, -0.25) is 14.4 Å². The highest BCUT2D eigenvalue weighted by molar-refractivity contribution is 5.71. The van der Waals surface area contributed by atoms with Gasteiger partial charge in [0, 0.05) is 19.3 Å². The molecule has 6 heteroatoms. The third-order valence-electron chi connectivity index (χ3n) is 12.3. The average molecular weight is 861 g/mol. The summed E-state index contributed by atoms with van der Waals surface area (Å²) < 4.78 is 16.6. The van der Waals surface area contributed by atoms with E-state index in [9.17, 15) is 14.4 Å². The molecule has 6 nitrogen and oxygen atoms in total. The normalized spacial score (nSPS) is 12.0. The minimum Gasteiger partial charge on any atom is -0.462 e. The Morgan fingerprint density at radius 3 is 0.820 bits per heavy atom. The van der Waals surface area contributed by atoms with Gasteiger partial charge in [-0.2, -0.15) is 0 Å². The highest BCUT2D eigenvalue weighted by Crippen LogP contribution is 2.17. The van der Waals surface area contributed by atoms with Gasteiger partial charge in [0.25, 0.3) is 0 Å². The van der Waals surface area contributed by atoms with E-state index in [1.165, 1.54) is 205 Å². The molecule has 0 saturated heterocycles. The van der Waals surface area contributed by atoms with Gasteiger partial charge in [0.15, 0.2) is 6.10 Å². The quantitative estimate of drug-likeness (QED) is 0.0262. The molecule has 0 saturated carbocycles. The number of esters is 3. The van der Waals surface area contributed by atoms with E-state index in [0.717, 1.165) is 57.8 Å². The topological polar surface area (TPSA) is 78.9 Å². The zero-order valence-electron chi connectivity index (χ0n) is 41.2. The first-order valence-corrected chi connectivity index (χ1v) is 27.2. The van der Waals surface area contributed by atoms with Crippen LogP contribution in [-0.4, -0.2) is 37.2 Å². The SMILES string of the molecule is CCCCCCCCCC/C=C\CCCCCCCCCCCCCCCCCCCCCC(=O)OCC(COC(=O)CCCCCCCC)OC(=O)CCCCCCCC. The van der Waals surface area contributed by atoms with Crippen molar-refractivity contribution in [3.8, 4) is 0 Å². The average Bonchev–Trinajstić information content (AvgIpc) is 3.26. The van der Waals surface area contributed by atoms with Crippen LogP contribution < -0.4 is 0 Å². The van der Waals surface area contributed by atoms with Gasteiger partial charge in [0.1, 0.15) is 13.2 Å². The third-order valence-corrected chi connectivity index (χ3v) is 12.3. The molecule has 0 aliphatic carbocycles. The lowest BCUT2D eigenvalue weighted by Crippen LogP contribution is -2.30. The zero-order valence-corrected chi connectivity index (χ0v) is 41.2. The summed E-state index contributed by atoms with van der Waals surface area (Å²) in [6, 6.07) is 0. The highest BCUT2D eigenvalue weighted by atomic mass is 16.6. The molecule has 0 bridgehead atoms. The molecule has 360 valence electrons. The van der Waals surface area contributed by atoms with Crippen molar-refractivity contribution in [2.45, 2.75) is 309 Å². The number of unbranched alkanes of at least 4 members (excludes halogenated alkanes) is 37. The standard InChI is InChI=1S/C55H104O6/c1-4-7-10-13-16-17-18-19-20-21-22-23-24-25-26-27-28-29-30-31-32-33-34-35-36-37-38-39-40-43-45-48-54(57)60-51-52(61-55(58)49-46-42-15-12-9-6-3)50-59-53(56)47-44-41-14-11-8-5-2/h21-22,52H,4-20,23-51H2,1-3H3/b22-21-. The van der Waals surface area contributed by atoms with Gasteiger partial charge in [-0.25, -0.2) is 0 Å². The summed E-state index contributed by atoms with van der Waals surface area (Å²) in [5, 5.41) is 0. The molecule has 0 N–H and O–H groups in total. The fourth-order valence-corrected chi connectivity index (χ4v) is 8.14. The van der Waals surface area contributed by atoms with Crippen LogP contribution in [0.2, 0.25) is 0 Å². The molecule has 0 aliphatic heterocycles. The van der Waals surface area contributed by atoms with Crippen LogP contribution in [0.4, 0.5) is 0 Å². The molecule has 1 unspecified atom stereocenters. The van der Waals surface area contributed by atoms with Gasteiger partial charge in [-0.1, -0.05) is 251 Å². The molecule has 0 heterocycles. The summed E-state index contributed by atoms with van der Waals surface area (Å²) in [4.78, 5) is 37.4. The third kappa shape index (κ3) is 49.0. The van der Waals surface area contributed by atoms with Crippen molar-refractivity contribution in [3.63, 3.8) is 0 Å². The van der Waals surface area contributed by atoms with Gasteiger partial charge in [0.2, 0.25) is 0 Å². The lowest BCUT2D eigenvalue weighted by Gasteiger charge is -2.18. The predicted octanol–water partition coefficient (Wildman–Crippen LogP) is 17.8. The monoisotopic (exact) mass is 861 g/mol. The second kappa shape index (κ2) is 50.8. The second-order valence-electron chi connectivity index (χ2n) is 18.5. The lowest BCUT2D eigenvalue weighted by molar-refractivity contribution is -0.167. The molecule has 61 heavy (non-hydrogen) atoms. The molecule has 0 aliphatic rings. The maximum atomic E-state index is 12.5. The van der Waals surface area contributed by atoms with Crippen molar-refractivity contribution in [1.82, 2.24) is 0 Å². The van der Waals surface area contributed by atoms with Crippen LogP contribution in [0.15, 0.2) is 12.2 Å². The van der Waals surface area contributed by atoms with Gasteiger partial charge in [-0.15, -0.1) is 0 Å². The number of allylic oxidation sites excluding steroid dienone is 2. The van der Waals surface area contributed by atoms with Gasteiger partial charge >= 0.3 is 17.9 Å². The van der Waals surface area contributed by atoms with E-state index < -0.39 is 6.10 Å². The van der Waals surface area contributed by atoms with E-state index in [1.807, 2.05) is 0 Å². The van der Waals surface area contributed by atoms with E-state index >= 15 is 0 Å². The Hall–Kier alpha value is -1.85. The van der Waals surface area contributed by atoms with Crippen molar-refractivity contribution >= 4 is 17.9 Å². The smallest absolute Gasteiger partial charge is 0.306 e. The Balaban J connectivity index is 3.76. The van der Waals surface area contributed by atoms with Gasteiger partial charge in [0.05, 0.1) is 0 Å². The minimum absolute atomic E-state index is 0.0660. The molecule has 0 amide bonds. The first-order chi connectivity index (χ1) is 30.0. The molecule has 0 rings (SSSR count). The van der Waals surface area contributed by atoms with Crippen molar-refractivity contribution in [1.29, 1.82) is 0 Å². The van der Waals surface area contributed by atoms with Crippen LogP contribution in [0.25, 0.3) is 0 Å². The molecule has 0 aromatic carbocycles. The van der Waals surface area contributed by atoms with Crippen LogP contribution in [-0.2, 0) is 28.6 Å². The van der Waals surface area contributed by atoms with E-state index in [0.29, 0.717) is 19.3 Å². The van der Waals surface area contributed by atoms with Crippen LogP contribution in [0.1, 0.15) is 303 Å². The number of ether oxygens (including phenoxy) is 3. The molecule has 0 radical (unpaired) electrons. The second-order valence-corrected chi connectivity index (χ2v) is 18.5. The number of hydrogen-bond donors (Lipinski definition) is 0. The molecular formula is C55H104O6. The van der Waals surface area contributed by atoms with E-state index in [4.69, 9.17) is 14.2 Å². The van der Waals surface area contributed by atoms with Gasteiger partial charge < -0.3 is 14.2 Å². The maximum absolute atomic E-state index is 12.5. The minimum atomic E-state index is -0.758. The molecule has 0 aromatic rings. The number of carbonyl (C=O) groups excluding carboxylic acids is 3. The zero-order chi connectivity index (χ0) is 44.4. The van der Waals surface area contributed by atoms with Crippen molar-refractivity contribution < 1.29 is 28.6 Å². The summed E-state index contributed by atoms with van der Waals surface area (Å²) in [5.41, 5.74) is 0. The fraction of sp³-hybridized carbons (Fsp3) is 0.909. The van der Waals surface area contributed by atoms with E-state index in [2.05, 4.69) is 32.9 Å². The Bertz CT molecular complexity index is 947. The summed E-state index contributed by atoms with van der Waals surface area (Å²) in [6.45, 7) is 6.54. The highest BCUT2D eigenvalue weighted by Gasteiger charge is 2.19. The van der Waals surface area contributed by atoms with Crippen molar-refractivity contribution in [3.05, 3.63) is 12.2 Å². The first-order valence-electron chi connectivity index (χ1n) is 27.2. The van der Waals surface area contributed by atoms with Crippen LogP contribution in [0.3, 0.4) is 0 Å². The maximum Gasteiger partial charge on any atom is 0.306 e. The Morgan fingerprint density at radius 2 is 0.541 bits per heavy atom. The summed E-state index contributed by atoms with van der Waals surface area (Å²) >= 11 is 0. The summed E-state index contributed by atoms with van der Waals surface area (Å²) in [6.07, 6.45) is 57.2. The predicted molar refractivity (Wildman–Crippen MR) is 261 cm³/mol. The number of carbonyl (C=O) groups is 3. The Labute approximate surface area is 380 Å². The van der Waals surface area contributed by atoms with E-state index in [1.54, 1.807) is 0 Å². The lowest BCUT2D eigenvalue weighted by atomic mass is 10.0. The van der Waals surface area contributed by atoms with Gasteiger partial charge in [-0.05, 0) is 44.9 Å². The molecule has 0 aromatic heterocycles. The molecular weight excluding hydrogens is 757 g/mol. The first kappa shape index (κ1) is 59.1. The van der Waals surface area contributed by atoms with Crippen molar-refractivity contribution in [2.75, 3.05) is 13.2 Å².